The molecule has 0 aliphatic heterocycles. The maximum Gasteiger partial charge on any atom is 0.328 e. The van der Waals surface area contributed by atoms with Crippen LogP contribution in [-0.4, -0.2) is 49.2 Å². The molecule has 0 spiro atoms. The number of hydrogen-bond acceptors (Lipinski definition) is 8. The van der Waals surface area contributed by atoms with Crippen LogP contribution in [0.15, 0.2) is 30.5 Å². The Kier molecular flexibility index (Phi) is 9.56. The van der Waals surface area contributed by atoms with Gasteiger partial charge in [-0.05, 0) is 25.8 Å². The Morgan fingerprint density at radius 2 is 1.66 bits per heavy atom. The molecular formula is C25H31FN2O7. The molecule has 3 unspecified atom stereocenters. The van der Waals surface area contributed by atoms with E-state index < -0.39 is 35.8 Å². The van der Waals surface area contributed by atoms with Crippen molar-refractivity contribution in [2.75, 3.05) is 14.2 Å². The number of carbonyl (C=O) groups is 3. The number of methoxy groups -OCH3 is 2. The van der Waals surface area contributed by atoms with E-state index in [0.29, 0.717) is 11.3 Å². The zero-order chi connectivity index (χ0) is 26.3. The van der Waals surface area contributed by atoms with Crippen molar-refractivity contribution in [1.82, 2.24) is 10.3 Å². The molecule has 190 valence electrons. The van der Waals surface area contributed by atoms with E-state index in [1.54, 1.807) is 13.0 Å². The molecule has 10 heteroatoms. The van der Waals surface area contributed by atoms with E-state index in [-0.39, 0.29) is 29.0 Å². The van der Waals surface area contributed by atoms with Crippen LogP contribution in [0.25, 0.3) is 0 Å². The van der Waals surface area contributed by atoms with Crippen molar-refractivity contribution in [3.05, 3.63) is 47.5 Å². The number of carbonyl (C=O) groups excluding carboxylic acids is 3. The standard InChI is InChI=1S/C25H31FN2O7/c1-13(2)21(18-9-8-17(26)12-20(18)33-7)15(4)34-25(31)14(3)28-24(30)22-23(35-16(5)29)19(32-6)10-11-27-22/h8-15,21H,1-7H3,(H,28,30). The number of esters is 2. The molecule has 35 heavy (non-hydrogen) atoms. The number of hydrogen-bond donors (Lipinski definition) is 1. The molecule has 2 aromatic rings. The molecule has 0 aliphatic rings. The Morgan fingerprint density at radius 3 is 2.23 bits per heavy atom. The molecule has 0 saturated heterocycles. The summed E-state index contributed by atoms with van der Waals surface area (Å²) in [7, 11) is 2.80. The van der Waals surface area contributed by atoms with Gasteiger partial charge in [0.05, 0.1) is 14.2 Å². The number of nitrogens with one attached hydrogen (secondary N) is 1. The van der Waals surface area contributed by atoms with Gasteiger partial charge in [0.1, 0.15) is 23.7 Å². The fourth-order valence-corrected chi connectivity index (χ4v) is 3.79. The third-order valence-electron chi connectivity index (χ3n) is 5.33. The topological polar surface area (TPSA) is 113 Å². The lowest BCUT2D eigenvalue weighted by molar-refractivity contribution is -0.151. The summed E-state index contributed by atoms with van der Waals surface area (Å²) in [4.78, 5) is 41.1. The predicted octanol–water partition coefficient (Wildman–Crippen LogP) is 3.65. The van der Waals surface area contributed by atoms with Crippen LogP contribution in [0, 0.1) is 11.7 Å². The fourth-order valence-electron chi connectivity index (χ4n) is 3.79. The first kappa shape index (κ1) is 27.6. The minimum Gasteiger partial charge on any atom is -0.496 e. The van der Waals surface area contributed by atoms with Crippen molar-refractivity contribution in [1.29, 1.82) is 0 Å². The van der Waals surface area contributed by atoms with E-state index in [4.69, 9.17) is 18.9 Å². The summed E-state index contributed by atoms with van der Waals surface area (Å²) in [5.74, 6) is -2.48. The van der Waals surface area contributed by atoms with E-state index in [1.165, 1.54) is 52.5 Å². The first-order chi connectivity index (χ1) is 16.5. The minimum atomic E-state index is -1.05. The van der Waals surface area contributed by atoms with Crippen molar-refractivity contribution >= 4 is 17.8 Å². The largest absolute Gasteiger partial charge is 0.496 e. The maximum atomic E-state index is 13.7. The zero-order valence-corrected chi connectivity index (χ0v) is 20.9. The van der Waals surface area contributed by atoms with Crippen LogP contribution in [-0.2, 0) is 14.3 Å². The highest BCUT2D eigenvalue weighted by molar-refractivity contribution is 5.98. The van der Waals surface area contributed by atoms with Crippen molar-refractivity contribution in [2.45, 2.75) is 52.7 Å². The van der Waals surface area contributed by atoms with E-state index in [2.05, 4.69) is 10.3 Å². The molecule has 1 aromatic carbocycles. The lowest BCUT2D eigenvalue weighted by Crippen LogP contribution is -2.42. The van der Waals surface area contributed by atoms with Crippen LogP contribution >= 0.6 is 0 Å². The summed E-state index contributed by atoms with van der Waals surface area (Å²) in [6.07, 6.45) is 0.697. The summed E-state index contributed by atoms with van der Waals surface area (Å²) in [5, 5.41) is 2.51. The molecule has 2 rings (SSSR count). The molecule has 0 radical (unpaired) electrons. The molecule has 1 amide bonds. The number of aromatic nitrogens is 1. The van der Waals surface area contributed by atoms with Crippen LogP contribution in [0.5, 0.6) is 17.2 Å². The van der Waals surface area contributed by atoms with Crippen molar-refractivity contribution < 1.29 is 37.7 Å². The predicted molar refractivity (Wildman–Crippen MR) is 125 cm³/mol. The highest BCUT2D eigenvalue weighted by atomic mass is 19.1. The molecule has 0 aliphatic carbocycles. The van der Waals surface area contributed by atoms with Crippen molar-refractivity contribution in [3.63, 3.8) is 0 Å². The van der Waals surface area contributed by atoms with Gasteiger partial charge >= 0.3 is 11.9 Å². The fraction of sp³-hybridized carbons (Fsp3) is 0.440. The van der Waals surface area contributed by atoms with Gasteiger partial charge in [-0.2, -0.15) is 0 Å². The van der Waals surface area contributed by atoms with Gasteiger partial charge in [0.15, 0.2) is 11.4 Å². The normalized spacial score (nSPS) is 13.4. The monoisotopic (exact) mass is 490 g/mol. The van der Waals surface area contributed by atoms with Crippen LogP contribution in [0.1, 0.15) is 56.6 Å². The molecule has 0 fully saturated rings. The molecular weight excluding hydrogens is 459 g/mol. The Balaban J connectivity index is 2.19. The molecule has 1 heterocycles. The Labute approximate surface area is 203 Å². The molecule has 1 N–H and O–H groups in total. The second-order valence-corrected chi connectivity index (χ2v) is 8.28. The average molecular weight is 491 g/mol. The van der Waals surface area contributed by atoms with Crippen molar-refractivity contribution in [3.8, 4) is 17.2 Å². The van der Waals surface area contributed by atoms with E-state index in [1.807, 2.05) is 13.8 Å². The Hall–Kier alpha value is -3.69. The third kappa shape index (κ3) is 6.91. The molecule has 3 atom stereocenters. The average Bonchev–Trinajstić information content (AvgIpc) is 2.79. The van der Waals surface area contributed by atoms with E-state index >= 15 is 0 Å². The first-order valence-electron chi connectivity index (χ1n) is 11.1. The lowest BCUT2D eigenvalue weighted by Gasteiger charge is -2.30. The molecule has 9 nitrogen and oxygen atoms in total. The maximum absolute atomic E-state index is 13.7. The summed E-state index contributed by atoms with van der Waals surface area (Å²) in [6, 6.07) is 4.60. The van der Waals surface area contributed by atoms with Crippen LogP contribution < -0.4 is 19.5 Å². The van der Waals surface area contributed by atoms with E-state index in [0.717, 1.165) is 0 Å². The van der Waals surface area contributed by atoms with Gasteiger partial charge in [-0.3, -0.25) is 9.59 Å². The number of benzene rings is 1. The lowest BCUT2D eigenvalue weighted by atomic mass is 9.84. The van der Waals surface area contributed by atoms with Gasteiger partial charge in [-0.1, -0.05) is 19.9 Å². The van der Waals surface area contributed by atoms with Crippen LogP contribution in [0.4, 0.5) is 4.39 Å². The van der Waals surface area contributed by atoms with Gasteiger partial charge in [-0.15, -0.1) is 0 Å². The van der Waals surface area contributed by atoms with Gasteiger partial charge in [0, 0.05) is 36.7 Å². The number of nitrogens with zero attached hydrogens (tertiary/aromatic N) is 1. The van der Waals surface area contributed by atoms with Gasteiger partial charge in [0.25, 0.3) is 5.91 Å². The van der Waals surface area contributed by atoms with Crippen LogP contribution in [0.2, 0.25) is 0 Å². The number of halogens is 1. The van der Waals surface area contributed by atoms with Crippen molar-refractivity contribution in [2.24, 2.45) is 5.92 Å². The van der Waals surface area contributed by atoms with Crippen LogP contribution in [0.3, 0.4) is 0 Å². The van der Waals surface area contributed by atoms with Gasteiger partial charge in [0.2, 0.25) is 5.75 Å². The zero-order valence-electron chi connectivity index (χ0n) is 20.9. The third-order valence-corrected chi connectivity index (χ3v) is 5.33. The summed E-state index contributed by atoms with van der Waals surface area (Å²) < 4.78 is 34.9. The smallest absolute Gasteiger partial charge is 0.328 e. The second-order valence-electron chi connectivity index (χ2n) is 8.28. The summed E-state index contributed by atoms with van der Waals surface area (Å²) in [6.45, 7) is 8.27. The minimum absolute atomic E-state index is 0.0225. The highest BCUT2D eigenvalue weighted by Crippen LogP contribution is 2.36. The highest BCUT2D eigenvalue weighted by Gasteiger charge is 2.31. The van der Waals surface area contributed by atoms with Gasteiger partial charge in [-0.25, -0.2) is 14.2 Å². The number of pyridine rings is 1. The number of ether oxygens (including phenoxy) is 4. The molecule has 1 aromatic heterocycles. The molecule has 0 bridgehead atoms. The first-order valence-corrected chi connectivity index (χ1v) is 11.1. The summed E-state index contributed by atoms with van der Waals surface area (Å²) in [5.41, 5.74) is 0.482. The quantitative estimate of drug-likeness (QED) is 0.502. The molecule has 0 saturated carbocycles. The Bertz CT molecular complexity index is 1070. The second kappa shape index (κ2) is 12.1. The van der Waals surface area contributed by atoms with Gasteiger partial charge < -0.3 is 24.3 Å². The summed E-state index contributed by atoms with van der Waals surface area (Å²) >= 11 is 0. The number of rotatable bonds is 10. The van der Waals surface area contributed by atoms with E-state index in [9.17, 15) is 18.8 Å². The number of amides is 1. The SMILES string of the molecule is COc1cc(F)ccc1C(C(C)C)C(C)OC(=O)C(C)NC(=O)c1nccc(OC)c1OC(C)=O. The Morgan fingerprint density at radius 1 is 1.00 bits per heavy atom.